The molecule has 2 aromatic carbocycles. The number of carbonyl (C=O) groups excluding carboxylic acids is 1. The number of fused-ring (bicyclic) bond motifs is 1. The van der Waals surface area contributed by atoms with Crippen molar-refractivity contribution in [3.63, 3.8) is 0 Å². The van der Waals surface area contributed by atoms with E-state index in [-0.39, 0.29) is 5.91 Å². The van der Waals surface area contributed by atoms with Crippen molar-refractivity contribution in [1.82, 2.24) is 14.9 Å². The summed E-state index contributed by atoms with van der Waals surface area (Å²) in [6.45, 7) is 1.44. The Labute approximate surface area is 170 Å². The lowest BCUT2D eigenvalue weighted by molar-refractivity contribution is -0.127. The summed E-state index contributed by atoms with van der Waals surface area (Å²) < 4.78 is 10.7. The molecule has 1 saturated heterocycles. The number of ether oxygens (including phenoxy) is 2. The molecule has 0 atom stereocenters. The summed E-state index contributed by atoms with van der Waals surface area (Å²) in [6, 6.07) is 13.7. The standard InChI is InChI=1S/C23H25N3O3/c1-28-20-9-5-6-16(22(20)29-2)10-11-21(27)26-14-12-17(13-15-26)23-24-18-7-3-4-8-19(18)25-23/h3-11,17H,12-15H2,1-2H3,(H,24,25). The fourth-order valence-electron chi connectivity index (χ4n) is 3.85. The van der Waals surface area contributed by atoms with Gasteiger partial charge in [-0.3, -0.25) is 4.79 Å². The van der Waals surface area contributed by atoms with Crippen LogP contribution in [0.15, 0.2) is 48.5 Å². The molecule has 0 spiro atoms. The summed E-state index contributed by atoms with van der Waals surface area (Å²) in [6.07, 6.45) is 5.21. The highest BCUT2D eigenvalue weighted by Crippen LogP contribution is 2.32. The number of piperidine rings is 1. The first-order valence-corrected chi connectivity index (χ1v) is 9.82. The number of benzene rings is 2. The summed E-state index contributed by atoms with van der Waals surface area (Å²) in [4.78, 5) is 22.7. The summed E-state index contributed by atoms with van der Waals surface area (Å²) >= 11 is 0. The van der Waals surface area contributed by atoms with Crippen molar-refractivity contribution in [2.45, 2.75) is 18.8 Å². The minimum Gasteiger partial charge on any atom is -0.493 e. The van der Waals surface area contributed by atoms with Crippen molar-refractivity contribution < 1.29 is 14.3 Å². The van der Waals surface area contributed by atoms with Gasteiger partial charge in [0, 0.05) is 30.6 Å². The van der Waals surface area contributed by atoms with E-state index in [0.29, 0.717) is 17.4 Å². The van der Waals surface area contributed by atoms with Gasteiger partial charge in [-0.1, -0.05) is 24.3 Å². The van der Waals surface area contributed by atoms with E-state index in [9.17, 15) is 4.79 Å². The number of nitrogens with zero attached hydrogens (tertiary/aromatic N) is 2. The van der Waals surface area contributed by atoms with Crippen LogP contribution in [0.1, 0.15) is 30.1 Å². The lowest BCUT2D eigenvalue weighted by atomic mass is 9.96. The number of likely N-dealkylation sites (tertiary alicyclic amines) is 1. The molecule has 1 aliphatic rings. The van der Waals surface area contributed by atoms with E-state index in [0.717, 1.165) is 48.4 Å². The highest BCUT2D eigenvalue weighted by atomic mass is 16.5. The smallest absolute Gasteiger partial charge is 0.246 e. The number of amides is 1. The molecule has 1 aliphatic heterocycles. The van der Waals surface area contributed by atoms with Crippen LogP contribution >= 0.6 is 0 Å². The monoisotopic (exact) mass is 391 g/mol. The van der Waals surface area contributed by atoms with Crippen LogP contribution in [0, 0.1) is 0 Å². The van der Waals surface area contributed by atoms with Gasteiger partial charge in [-0.25, -0.2) is 4.98 Å². The Bertz CT molecular complexity index is 1000. The van der Waals surface area contributed by atoms with Gasteiger partial charge >= 0.3 is 0 Å². The lowest BCUT2D eigenvalue weighted by Gasteiger charge is -2.30. The van der Waals surface area contributed by atoms with Crippen molar-refractivity contribution in [1.29, 1.82) is 0 Å². The number of rotatable bonds is 5. The zero-order valence-corrected chi connectivity index (χ0v) is 16.7. The molecule has 6 nitrogen and oxygen atoms in total. The van der Waals surface area contributed by atoms with Crippen molar-refractivity contribution in [3.05, 3.63) is 59.9 Å². The highest BCUT2D eigenvalue weighted by molar-refractivity contribution is 5.92. The Balaban J connectivity index is 1.40. The van der Waals surface area contributed by atoms with Gasteiger partial charge in [-0.2, -0.15) is 0 Å². The van der Waals surface area contributed by atoms with E-state index in [4.69, 9.17) is 14.5 Å². The number of H-pyrrole nitrogens is 1. The van der Waals surface area contributed by atoms with Gasteiger partial charge in [0.15, 0.2) is 11.5 Å². The molecule has 1 amide bonds. The third-order valence-electron chi connectivity index (χ3n) is 5.44. The third kappa shape index (κ3) is 3.97. The molecule has 6 heteroatoms. The molecular weight excluding hydrogens is 366 g/mol. The number of aromatic nitrogens is 2. The maximum Gasteiger partial charge on any atom is 0.246 e. The maximum atomic E-state index is 12.7. The number of nitrogens with one attached hydrogen (secondary N) is 1. The molecule has 0 radical (unpaired) electrons. The number of aromatic amines is 1. The number of para-hydroxylation sites is 3. The van der Waals surface area contributed by atoms with Gasteiger partial charge < -0.3 is 19.4 Å². The summed E-state index contributed by atoms with van der Waals surface area (Å²) in [5.41, 5.74) is 2.88. The SMILES string of the molecule is COc1cccc(C=CC(=O)N2CCC(c3nc4ccccc4[nH]3)CC2)c1OC. The number of imidazole rings is 1. The van der Waals surface area contributed by atoms with Crippen LogP contribution in [0.5, 0.6) is 11.5 Å². The Hall–Kier alpha value is -3.28. The first-order valence-electron chi connectivity index (χ1n) is 9.82. The van der Waals surface area contributed by atoms with E-state index in [2.05, 4.69) is 4.98 Å². The van der Waals surface area contributed by atoms with Crippen LogP contribution in [0.2, 0.25) is 0 Å². The van der Waals surface area contributed by atoms with Crippen molar-refractivity contribution >= 4 is 23.0 Å². The Morgan fingerprint density at radius 1 is 1.10 bits per heavy atom. The van der Waals surface area contributed by atoms with Crippen molar-refractivity contribution in [3.8, 4) is 11.5 Å². The molecule has 0 unspecified atom stereocenters. The molecule has 0 bridgehead atoms. The van der Waals surface area contributed by atoms with Crippen molar-refractivity contribution in [2.75, 3.05) is 27.3 Å². The van der Waals surface area contributed by atoms with Crippen LogP contribution < -0.4 is 9.47 Å². The van der Waals surface area contributed by atoms with E-state index in [1.807, 2.05) is 47.4 Å². The van der Waals surface area contributed by atoms with Crippen LogP contribution in [-0.4, -0.2) is 48.1 Å². The molecule has 150 valence electrons. The molecule has 4 rings (SSSR count). The molecule has 0 aliphatic carbocycles. The Morgan fingerprint density at radius 3 is 2.62 bits per heavy atom. The molecular formula is C23H25N3O3. The number of carbonyl (C=O) groups is 1. The predicted octanol–water partition coefficient (Wildman–Crippen LogP) is 4.00. The number of hydrogen-bond acceptors (Lipinski definition) is 4. The highest BCUT2D eigenvalue weighted by Gasteiger charge is 2.25. The topological polar surface area (TPSA) is 67.5 Å². The van der Waals surface area contributed by atoms with E-state index in [1.54, 1.807) is 26.4 Å². The van der Waals surface area contributed by atoms with Gasteiger partial charge in [0.05, 0.1) is 25.3 Å². The second-order valence-electron chi connectivity index (χ2n) is 7.15. The molecule has 3 aromatic rings. The van der Waals surface area contributed by atoms with Gasteiger partial charge in [0.25, 0.3) is 0 Å². The fourth-order valence-corrected chi connectivity index (χ4v) is 3.85. The molecule has 1 N–H and O–H groups in total. The second kappa shape index (κ2) is 8.39. The number of methoxy groups -OCH3 is 2. The minimum atomic E-state index is 0.0120. The van der Waals surface area contributed by atoms with E-state index >= 15 is 0 Å². The largest absolute Gasteiger partial charge is 0.493 e. The normalized spacial score (nSPS) is 15.2. The van der Waals surface area contributed by atoms with Crippen LogP contribution in [0.4, 0.5) is 0 Å². The van der Waals surface area contributed by atoms with E-state index < -0.39 is 0 Å². The fraction of sp³-hybridized carbons (Fsp3) is 0.304. The van der Waals surface area contributed by atoms with Crippen LogP contribution in [0.25, 0.3) is 17.1 Å². The zero-order valence-electron chi connectivity index (χ0n) is 16.7. The average molecular weight is 391 g/mol. The lowest BCUT2D eigenvalue weighted by Crippen LogP contribution is -2.37. The van der Waals surface area contributed by atoms with Gasteiger partial charge in [0.2, 0.25) is 5.91 Å². The van der Waals surface area contributed by atoms with Gasteiger partial charge in [-0.05, 0) is 37.1 Å². The van der Waals surface area contributed by atoms with Crippen LogP contribution in [0.3, 0.4) is 0 Å². The van der Waals surface area contributed by atoms with Crippen molar-refractivity contribution in [2.24, 2.45) is 0 Å². The minimum absolute atomic E-state index is 0.0120. The zero-order chi connectivity index (χ0) is 20.2. The Kier molecular flexibility index (Phi) is 5.51. The average Bonchev–Trinajstić information content (AvgIpc) is 3.21. The summed E-state index contributed by atoms with van der Waals surface area (Å²) in [5, 5.41) is 0. The molecule has 1 fully saturated rings. The summed E-state index contributed by atoms with van der Waals surface area (Å²) in [7, 11) is 3.20. The van der Waals surface area contributed by atoms with Crippen LogP contribution in [-0.2, 0) is 4.79 Å². The molecule has 0 saturated carbocycles. The summed E-state index contributed by atoms with van der Waals surface area (Å²) in [5.74, 6) is 2.66. The maximum absolute atomic E-state index is 12.7. The van der Waals surface area contributed by atoms with Gasteiger partial charge in [-0.15, -0.1) is 0 Å². The second-order valence-corrected chi connectivity index (χ2v) is 7.15. The first-order chi connectivity index (χ1) is 14.2. The molecule has 2 heterocycles. The Morgan fingerprint density at radius 2 is 1.90 bits per heavy atom. The first kappa shape index (κ1) is 19.1. The predicted molar refractivity (Wildman–Crippen MR) is 113 cm³/mol. The molecule has 1 aromatic heterocycles. The van der Waals surface area contributed by atoms with E-state index in [1.165, 1.54) is 0 Å². The molecule has 29 heavy (non-hydrogen) atoms. The third-order valence-corrected chi connectivity index (χ3v) is 5.44. The number of hydrogen-bond donors (Lipinski definition) is 1. The quantitative estimate of drug-likeness (QED) is 0.668. The van der Waals surface area contributed by atoms with Gasteiger partial charge in [0.1, 0.15) is 5.82 Å².